The number of carbonyl (C=O) groups is 1. The summed E-state index contributed by atoms with van der Waals surface area (Å²) in [7, 11) is 1.91. The summed E-state index contributed by atoms with van der Waals surface area (Å²) in [4.78, 5) is 18.5. The summed E-state index contributed by atoms with van der Waals surface area (Å²) in [5.41, 5.74) is 0. The molecule has 1 saturated carbocycles. The zero-order chi connectivity index (χ0) is 15.7. The van der Waals surface area contributed by atoms with Crippen molar-refractivity contribution in [1.82, 2.24) is 19.8 Å². The van der Waals surface area contributed by atoms with Gasteiger partial charge in [0.05, 0.1) is 12.7 Å². The first-order chi connectivity index (χ1) is 10.5. The molecule has 1 aliphatic carbocycles. The van der Waals surface area contributed by atoms with Crippen molar-refractivity contribution in [2.24, 2.45) is 13.0 Å². The lowest BCUT2D eigenvalue weighted by Gasteiger charge is -2.33. The molecular weight excluding hydrogens is 304 g/mol. The maximum absolute atomic E-state index is 11.9. The molecule has 6 nitrogen and oxygen atoms in total. The van der Waals surface area contributed by atoms with Gasteiger partial charge < -0.3 is 15.0 Å². The number of aliphatic hydroxyl groups is 1. The highest BCUT2D eigenvalue weighted by Gasteiger charge is 2.33. The number of carbonyl (C=O) groups excluding carboxylic acids is 1. The summed E-state index contributed by atoms with van der Waals surface area (Å²) < 4.78 is 1.88. The minimum Gasteiger partial charge on any atom is -0.383 e. The van der Waals surface area contributed by atoms with E-state index in [-0.39, 0.29) is 11.8 Å². The Morgan fingerprint density at radius 2 is 2.14 bits per heavy atom. The Bertz CT molecular complexity index is 536. The van der Waals surface area contributed by atoms with E-state index in [1.165, 1.54) is 0 Å². The van der Waals surface area contributed by atoms with Crippen LogP contribution in [0, 0.1) is 5.92 Å². The van der Waals surface area contributed by atoms with Crippen LogP contribution in [0.3, 0.4) is 0 Å². The lowest BCUT2D eigenvalue weighted by Crippen LogP contribution is -2.45. The molecule has 0 bridgehead atoms. The van der Waals surface area contributed by atoms with Gasteiger partial charge in [-0.25, -0.2) is 4.98 Å². The molecule has 7 heteroatoms. The lowest BCUT2D eigenvalue weighted by atomic mass is 9.90. The maximum Gasteiger partial charge on any atom is 0.249 e. The van der Waals surface area contributed by atoms with Gasteiger partial charge in [0.1, 0.15) is 17.1 Å². The second-order valence-electron chi connectivity index (χ2n) is 6.40. The SMILES string of the molecule is Cn1c(Cl)cnc1CN1CCC([C@H](O)C(=O)NC2CC2)CC1. The number of hydrogen-bond acceptors (Lipinski definition) is 4. The highest BCUT2D eigenvalue weighted by molar-refractivity contribution is 6.29. The van der Waals surface area contributed by atoms with Gasteiger partial charge in [0.2, 0.25) is 5.91 Å². The van der Waals surface area contributed by atoms with Crippen LogP contribution in [0.2, 0.25) is 5.15 Å². The standard InChI is InChI=1S/C15H23ClN4O2/c1-19-12(16)8-17-13(19)9-20-6-4-10(5-7-20)14(21)15(22)18-11-2-3-11/h8,10-11,14,21H,2-7,9H2,1H3,(H,18,22)/t14-/m0/s1. The highest BCUT2D eigenvalue weighted by atomic mass is 35.5. The fourth-order valence-electron chi connectivity index (χ4n) is 2.93. The summed E-state index contributed by atoms with van der Waals surface area (Å²) in [6, 6.07) is 0.301. The van der Waals surface area contributed by atoms with Gasteiger partial charge >= 0.3 is 0 Å². The Kier molecular flexibility index (Phi) is 4.70. The number of likely N-dealkylation sites (tertiary alicyclic amines) is 1. The zero-order valence-electron chi connectivity index (χ0n) is 12.8. The van der Waals surface area contributed by atoms with Crippen LogP contribution >= 0.6 is 11.6 Å². The number of piperidine rings is 1. The van der Waals surface area contributed by atoms with Gasteiger partial charge in [0, 0.05) is 13.1 Å². The third-order valence-electron chi connectivity index (χ3n) is 4.66. The normalized spacial score (nSPS) is 21.8. The van der Waals surface area contributed by atoms with Crippen molar-refractivity contribution in [3.05, 3.63) is 17.2 Å². The van der Waals surface area contributed by atoms with Crippen molar-refractivity contribution in [3.8, 4) is 0 Å². The van der Waals surface area contributed by atoms with E-state index in [0.717, 1.165) is 51.1 Å². The van der Waals surface area contributed by atoms with Crippen LogP contribution in [0.1, 0.15) is 31.5 Å². The summed E-state index contributed by atoms with van der Waals surface area (Å²) >= 11 is 6.00. The van der Waals surface area contributed by atoms with E-state index in [1.54, 1.807) is 6.20 Å². The van der Waals surface area contributed by atoms with Crippen LogP contribution in [-0.4, -0.2) is 50.7 Å². The monoisotopic (exact) mass is 326 g/mol. The van der Waals surface area contributed by atoms with Crippen LogP contribution in [0.4, 0.5) is 0 Å². The third-order valence-corrected chi connectivity index (χ3v) is 5.01. The Morgan fingerprint density at radius 3 is 2.68 bits per heavy atom. The second-order valence-corrected chi connectivity index (χ2v) is 6.78. The Hall–Kier alpha value is -1.11. The van der Waals surface area contributed by atoms with Crippen molar-refractivity contribution in [2.75, 3.05) is 13.1 Å². The number of rotatable bonds is 5. The Labute approximate surface area is 135 Å². The van der Waals surface area contributed by atoms with E-state index in [1.807, 2.05) is 11.6 Å². The molecule has 1 aromatic rings. The molecule has 1 saturated heterocycles. The lowest BCUT2D eigenvalue weighted by molar-refractivity contribution is -0.133. The van der Waals surface area contributed by atoms with Crippen LogP contribution in [0.5, 0.6) is 0 Å². The van der Waals surface area contributed by atoms with E-state index >= 15 is 0 Å². The van der Waals surface area contributed by atoms with Gasteiger partial charge in [0.15, 0.2) is 0 Å². The summed E-state index contributed by atoms with van der Waals surface area (Å²) in [6.07, 6.45) is 4.54. The molecule has 2 heterocycles. The molecule has 1 aromatic heterocycles. The van der Waals surface area contributed by atoms with Crippen molar-refractivity contribution in [1.29, 1.82) is 0 Å². The molecule has 1 amide bonds. The number of hydrogen-bond donors (Lipinski definition) is 2. The molecule has 0 spiro atoms. The minimum absolute atomic E-state index is 0.0555. The Morgan fingerprint density at radius 1 is 1.45 bits per heavy atom. The molecule has 2 aliphatic rings. The van der Waals surface area contributed by atoms with Crippen molar-refractivity contribution in [3.63, 3.8) is 0 Å². The van der Waals surface area contributed by atoms with Crippen LogP contribution in [-0.2, 0) is 18.4 Å². The number of aliphatic hydroxyl groups excluding tert-OH is 1. The number of aromatic nitrogens is 2. The van der Waals surface area contributed by atoms with Gasteiger partial charge in [-0.1, -0.05) is 11.6 Å². The summed E-state index contributed by atoms with van der Waals surface area (Å²) in [6.45, 7) is 2.48. The van der Waals surface area contributed by atoms with Crippen LogP contribution in [0.25, 0.3) is 0 Å². The molecule has 0 unspecified atom stereocenters. The first-order valence-corrected chi connectivity index (χ1v) is 8.29. The van der Waals surface area contributed by atoms with Crippen molar-refractivity contribution in [2.45, 2.75) is 44.4 Å². The topological polar surface area (TPSA) is 70.4 Å². The molecule has 2 fully saturated rings. The average molecular weight is 327 g/mol. The van der Waals surface area contributed by atoms with E-state index in [9.17, 15) is 9.90 Å². The smallest absolute Gasteiger partial charge is 0.249 e. The first kappa shape index (κ1) is 15.8. The van der Waals surface area contributed by atoms with Gasteiger partial charge in [-0.3, -0.25) is 9.69 Å². The minimum atomic E-state index is -0.870. The summed E-state index contributed by atoms with van der Waals surface area (Å²) in [5, 5.41) is 13.7. The van der Waals surface area contributed by atoms with Crippen LogP contribution in [0.15, 0.2) is 6.20 Å². The number of nitrogens with zero attached hydrogens (tertiary/aromatic N) is 3. The molecule has 0 radical (unpaired) electrons. The number of amides is 1. The average Bonchev–Trinajstić information content (AvgIpc) is 3.28. The van der Waals surface area contributed by atoms with Crippen LogP contribution < -0.4 is 5.32 Å². The largest absolute Gasteiger partial charge is 0.383 e. The Balaban J connectivity index is 1.47. The molecule has 3 rings (SSSR count). The number of halogens is 1. The van der Waals surface area contributed by atoms with Crippen molar-refractivity contribution < 1.29 is 9.90 Å². The van der Waals surface area contributed by atoms with Crippen molar-refractivity contribution >= 4 is 17.5 Å². The predicted molar refractivity (Wildman–Crippen MR) is 83.4 cm³/mol. The molecule has 1 aliphatic heterocycles. The van der Waals surface area contributed by atoms with Gasteiger partial charge in [-0.2, -0.15) is 0 Å². The third kappa shape index (κ3) is 3.62. The van der Waals surface area contributed by atoms with E-state index < -0.39 is 6.10 Å². The van der Waals surface area contributed by atoms with Gasteiger partial charge in [-0.15, -0.1) is 0 Å². The molecule has 0 aromatic carbocycles. The number of nitrogens with one attached hydrogen (secondary N) is 1. The summed E-state index contributed by atoms with van der Waals surface area (Å²) in [5.74, 6) is 0.798. The molecular formula is C15H23ClN4O2. The molecule has 1 atom stereocenters. The predicted octanol–water partition coefficient (Wildman–Crippen LogP) is 0.925. The quantitative estimate of drug-likeness (QED) is 0.844. The van der Waals surface area contributed by atoms with Gasteiger partial charge in [0.25, 0.3) is 0 Å². The zero-order valence-corrected chi connectivity index (χ0v) is 13.6. The number of imidazole rings is 1. The first-order valence-electron chi connectivity index (χ1n) is 7.91. The second kappa shape index (κ2) is 6.56. The van der Waals surface area contributed by atoms with E-state index in [4.69, 9.17) is 11.6 Å². The molecule has 22 heavy (non-hydrogen) atoms. The maximum atomic E-state index is 11.9. The van der Waals surface area contributed by atoms with E-state index in [2.05, 4.69) is 15.2 Å². The fourth-order valence-corrected chi connectivity index (χ4v) is 3.07. The van der Waals surface area contributed by atoms with E-state index in [0.29, 0.717) is 11.2 Å². The molecule has 2 N–H and O–H groups in total. The molecule has 122 valence electrons. The highest BCUT2D eigenvalue weighted by Crippen LogP contribution is 2.24. The fraction of sp³-hybridized carbons (Fsp3) is 0.733. The van der Waals surface area contributed by atoms with Gasteiger partial charge in [-0.05, 0) is 44.7 Å².